The highest BCUT2D eigenvalue weighted by Crippen LogP contribution is 2.53. The predicted molar refractivity (Wildman–Crippen MR) is 254 cm³/mol. The van der Waals surface area contributed by atoms with Crippen molar-refractivity contribution < 1.29 is 62.5 Å². The lowest BCUT2D eigenvalue weighted by Crippen LogP contribution is -2.61. The van der Waals surface area contributed by atoms with Crippen molar-refractivity contribution in [1.29, 1.82) is 0 Å². The van der Waals surface area contributed by atoms with Crippen LogP contribution in [0, 0.1) is 40.9 Å². The molecule has 7 heterocycles. The number of ether oxygens (including phenoxy) is 8. The molecule has 1 unspecified atom stereocenters. The Kier molecular flexibility index (Phi) is 16.2. The first kappa shape index (κ1) is 53.4. The van der Waals surface area contributed by atoms with Crippen molar-refractivity contribution in [1.82, 2.24) is 20.2 Å². The minimum absolute atomic E-state index is 0.0820. The van der Waals surface area contributed by atoms with Crippen LogP contribution >= 0.6 is 11.3 Å². The summed E-state index contributed by atoms with van der Waals surface area (Å²) in [7, 11) is 5.30. The fourth-order valence-corrected chi connectivity index (χ4v) is 12.8. The van der Waals surface area contributed by atoms with E-state index in [0.29, 0.717) is 12.2 Å². The average molecular weight is 983 g/mol. The van der Waals surface area contributed by atoms with Gasteiger partial charge in [0, 0.05) is 61.7 Å². The summed E-state index contributed by atoms with van der Waals surface area (Å²) in [4.78, 5) is 56.3. The predicted octanol–water partition coefficient (Wildman–Crippen LogP) is 4.54. The highest BCUT2D eigenvalue weighted by molar-refractivity contribution is 7.15. The summed E-state index contributed by atoms with van der Waals surface area (Å²) >= 11 is 1.44. The van der Waals surface area contributed by atoms with Gasteiger partial charge < -0.3 is 58.3 Å². The molecule has 5 aliphatic heterocycles. The number of likely N-dealkylation sites (N-methyl/N-ethyl adjacent to an activating group) is 1. The van der Waals surface area contributed by atoms with Crippen LogP contribution < -0.4 is 5.32 Å². The Bertz CT molecular complexity index is 2210. The summed E-state index contributed by atoms with van der Waals surface area (Å²) in [6.07, 6.45) is -3.97. The fourth-order valence-electron chi connectivity index (χ4n) is 12.0. The lowest BCUT2D eigenvalue weighted by Gasteiger charge is -2.50. The minimum atomic E-state index is -1.41. The maximum Gasteiger partial charge on any atom is 0.324 e. The molecule has 0 aromatic carbocycles. The number of ketones is 1. The van der Waals surface area contributed by atoms with Crippen LogP contribution in [0.1, 0.15) is 99.8 Å². The van der Waals surface area contributed by atoms with E-state index < -0.39 is 113 Å². The van der Waals surface area contributed by atoms with E-state index in [2.05, 4.69) is 27.1 Å². The number of Topliss-reactive ketones (excluding diaryl/α,β-unsaturated/α-hetero) is 1. The van der Waals surface area contributed by atoms with Crippen molar-refractivity contribution in [2.24, 2.45) is 29.1 Å². The number of nitrogens with zero attached hydrogens (tertiary/aromatic N) is 3. The summed E-state index contributed by atoms with van der Waals surface area (Å²) in [5.41, 5.74) is -4.99. The summed E-state index contributed by atoms with van der Waals surface area (Å²) in [5.74, 6) is 2.50. The number of aliphatic hydroxyl groups excluding tert-OH is 2. The van der Waals surface area contributed by atoms with Crippen molar-refractivity contribution in [3.05, 3.63) is 35.5 Å². The third-order valence-electron chi connectivity index (χ3n) is 15.8. The zero-order valence-corrected chi connectivity index (χ0v) is 43.2. The topological polar surface area (TPSA) is 207 Å². The molecule has 19 atom stereocenters. The van der Waals surface area contributed by atoms with E-state index in [1.807, 2.05) is 72.7 Å². The summed E-state index contributed by atoms with van der Waals surface area (Å²) in [6, 6.07) is 4.43. The fraction of sp³-hybridized carbons (Fsp3) is 0.745. The van der Waals surface area contributed by atoms with Gasteiger partial charge in [0.2, 0.25) is 0 Å². The van der Waals surface area contributed by atoms with E-state index in [0.717, 1.165) is 9.75 Å². The number of carbonyl (C=O) groups excluding carboxylic acids is 3. The van der Waals surface area contributed by atoms with Crippen molar-refractivity contribution in [2.75, 3.05) is 34.4 Å². The largest absolute Gasteiger partial charge is 0.458 e. The molecule has 69 heavy (non-hydrogen) atoms. The lowest BCUT2D eigenvalue weighted by atomic mass is 9.62. The highest BCUT2D eigenvalue weighted by atomic mass is 32.1. The number of nitrogens with one attached hydrogen (secondary N) is 1. The van der Waals surface area contributed by atoms with Crippen LogP contribution in [-0.4, -0.2) is 161 Å². The van der Waals surface area contributed by atoms with Crippen LogP contribution in [0.25, 0.3) is 10.7 Å². The smallest absolute Gasteiger partial charge is 0.324 e. The quantitative estimate of drug-likeness (QED) is 0.221. The van der Waals surface area contributed by atoms with Gasteiger partial charge in [-0.1, -0.05) is 39.5 Å². The SMILES string of the molecule is CC[C@H]1OC(=O)[C@H](C)C(O[C@H]2C[C@@](C)(OC)[C@@H](O)[C@H](C)O2)[C@@H](C)[C@@H](O[C@@H]2O[C@H](C)C[C@H](N(C)C)[C@H]2O)[C@@](C)(OCC#Cc2ccc(-c3ncccn3)s2)C[C@@H](C)C(=O)[C@]2(C)CN[C@H]3C(=O)O[C@@]1(C)[C@H]32. The van der Waals surface area contributed by atoms with Crippen molar-refractivity contribution in [2.45, 2.75) is 179 Å². The monoisotopic (exact) mass is 982 g/mol. The Hall–Kier alpha value is -3.45. The molecule has 0 saturated carbocycles. The number of thiophene rings is 1. The summed E-state index contributed by atoms with van der Waals surface area (Å²) in [6.45, 7) is 18.3. The number of hydrogen-bond acceptors (Lipinski definition) is 18. The molecular weight excluding hydrogens is 909 g/mol. The number of esters is 2. The third kappa shape index (κ3) is 10.4. The van der Waals surface area contributed by atoms with Gasteiger partial charge in [-0.2, -0.15) is 0 Å². The molecule has 0 spiro atoms. The molecule has 7 rings (SSSR count). The molecule has 5 fully saturated rings. The minimum Gasteiger partial charge on any atom is -0.458 e. The van der Waals surface area contributed by atoms with Gasteiger partial charge in [-0.25, -0.2) is 9.97 Å². The summed E-state index contributed by atoms with van der Waals surface area (Å²) in [5, 5.41) is 26.5. The molecule has 17 nitrogen and oxygen atoms in total. The Morgan fingerprint density at radius 1 is 0.957 bits per heavy atom. The van der Waals surface area contributed by atoms with Gasteiger partial charge in [-0.15, -0.1) is 11.3 Å². The second-order valence-corrected chi connectivity index (χ2v) is 22.2. The van der Waals surface area contributed by atoms with Gasteiger partial charge in [-0.05, 0) is 93.1 Å². The van der Waals surface area contributed by atoms with E-state index in [-0.39, 0.29) is 50.3 Å². The van der Waals surface area contributed by atoms with Gasteiger partial charge >= 0.3 is 11.9 Å². The third-order valence-corrected chi connectivity index (χ3v) is 16.8. The molecule has 18 heteroatoms. The first-order chi connectivity index (χ1) is 32.5. The molecule has 0 amide bonds. The second kappa shape index (κ2) is 21.0. The first-order valence-electron chi connectivity index (χ1n) is 24.4. The normalized spacial score (nSPS) is 43.1. The molecule has 2 aromatic rings. The standard InChI is InChI=1S/C51H74N4O13S/c1-14-35-51(10)40-37(46(60)68-51)54-26-48(40,7)41(57)27(2)24-50(9,62-22-15-17-32-18-19-34(69-32)44-52-20-16-21-53-44)43(67-47-38(56)33(55(11)12)23-28(3)63-47)29(4)39(30(5)45(59)65-35)66-36-25-49(8,61-13)42(58)31(6)64-36/h16,18-21,27-31,33,35-40,42-43,47,54,56,58H,14,22-26H2,1-13H3/t27-,28-,29-,30-,31+,33+,35-,36+,37-,38-,39?,40-,42+,43-,47+,48-,49-,50+,51-/m1/s1. The molecule has 5 aliphatic rings. The van der Waals surface area contributed by atoms with Crippen LogP contribution in [0.15, 0.2) is 30.6 Å². The van der Waals surface area contributed by atoms with E-state index in [1.165, 1.54) is 18.4 Å². The van der Waals surface area contributed by atoms with E-state index >= 15 is 4.79 Å². The van der Waals surface area contributed by atoms with Crippen molar-refractivity contribution >= 4 is 29.1 Å². The number of carbonyl (C=O) groups is 3. The van der Waals surface area contributed by atoms with E-state index in [9.17, 15) is 19.8 Å². The molecule has 2 aromatic heterocycles. The number of methoxy groups -OCH3 is 1. The Morgan fingerprint density at radius 2 is 1.67 bits per heavy atom. The Labute approximate surface area is 411 Å². The number of rotatable bonds is 10. The average Bonchev–Trinajstić information content (AvgIpc) is 4.02. The van der Waals surface area contributed by atoms with Crippen LogP contribution in [-0.2, 0) is 52.3 Å². The lowest BCUT2D eigenvalue weighted by molar-refractivity contribution is -0.320. The van der Waals surface area contributed by atoms with Crippen molar-refractivity contribution in [3.8, 4) is 22.5 Å². The highest BCUT2D eigenvalue weighted by Gasteiger charge is 2.69. The van der Waals surface area contributed by atoms with Crippen LogP contribution in [0.4, 0.5) is 0 Å². The van der Waals surface area contributed by atoms with Gasteiger partial charge in [0.05, 0.1) is 51.3 Å². The maximum absolute atomic E-state index is 15.4. The van der Waals surface area contributed by atoms with Gasteiger partial charge in [0.25, 0.3) is 0 Å². The molecule has 0 bridgehead atoms. The van der Waals surface area contributed by atoms with E-state index in [4.69, 9.17) is 37.9 Å². The van der Waals surface area contributed by atoms with Gasteiger partial charge in [-0.3, -0.25) is 14.4 Å². The zero-order valence-electron chi connectivity index (χ0n) is 42.4. The molecule has 0 aliphatic carbocycles. The van der Waals surface area contributed by atoms with Gasteiger partial charge in [0.15, 0.2) is 24.0 Å². The number of hydrogen-bond donors (Lipinski definition) is 3. The molecule has 5 saturated heterocycles. The van der Waals surface area contributed by atoms with E-state index in [1.54, 1.807) is 46.2 Å². The maximum atomic E-state index is 15.4. The first-order valence-corrected chi connectivity index (χ1v) is 25.2. The molecule has 0 radical (unpaired) electrons. The van der Waals surface area contributed by atoms with Crippen LogP contribution in [0.2, 0.25) is 0 Å². The Balaban J connectivity index is 1.35. The molecule has 382 valence electrons. The molecule has 3 N–H and O–H groups in total. The number of aliphatic hydroxyl groups is 2. The van der Waals surface area contributed by atoms with Gasteiger partial charge in [0.1, 0.15) is 36.7 Å². The van der Waals surface area contributed by atoms with Crippen molar-refractivity contribution in [3.63, 3.8) is 0 Å². The van der Waals surface area contributed by atoms with Crippen LogP contribution in [0.3, 0.4) is 0 Å². The molecular formula is C51H74N4O13S. The second-order valence-electron chi connectivity index (χ2n) is 21.1. The zero-order chi connectivity index (χ0) is 50.4. The summed E-state index contributed by atoms with van der Waals surface area (Å²) < 4.78 is 52.4. The number of cyclic esters (lactones) is 1. The number of aromatic nitrogens is 2. The Morgan fingerprint density at radius 3 is 2.33 bits per heavy atom. The van der Waals surface area contributed by atoms with Crippen LogP contribution in [0.5, 0.6) is 0 Å².